The second-order valence-corrected chi connectivity index (χ2v) is 5.10. The van der Waals surface area contributed by atoms with E-state index in [1.54, 1.807) is 7.11 Å². The van der Waals surface area contributed by atoms with Crippen LogP contribution in [0.25, 0.3) is 0 Å². The van der Waals surface area contributed by atoms with Crippen LogP contribution < -0.4 is 5.73 Å². The molecule has 1 fully saturated rings. The summed E-state index contributed by atoms with van der Waals surface area (Å²) in [4.78, 5) is 0. The van der Waals surface area contributed by atoms with Crippen molar-refractivity contribution in [1.82, 2.24) is 0 Å². The average Bonchev–Trinajstić information content (AvgIpc) is 2.99. The van der Waals surface area contributed by atoms with Crippen molar-refractivity contribution in [3.8, 4) is 0 Å². The van der Waals surface area contributed by atoms with Gasteiger partial charge in [-0.05, 0) is 37.3 Å². The van der Waals surface area contributed by atoms with Gasteiger partial charge in [-0.25, -0.2) is 0 Å². The summed E-state index contributed by atoms with van der Waals surface area (Å²) in [5.74, 6) is 0. The molecule has 1 aliphatic carbocycles. The van der Waals surface area contributed by atoms with Crippen LogP contribution in [0.15, 0.2) is 24.3 Å². The van der Waals surface area contributed by atoms with E-state index in [1.807, 2.05) is 0 Å². The molecular weight excluding hydrogens is 198 g/mol. The number of benzene rings is 1. The highest BCUT2D eigenvalue weighted by Crippen LogP contribution is 2.48. The van der Waals surface area contributed by atoms with Gasteiger partial charge in [0, 0.05) is 18.6 Å². The van der Waals surface area contributed by atoms with Gasteiger partial charge in [0.05, 0.1) is 6.61 Å². The highest BCUT2D eigenvalue weighted by molar-refractivity contribution is 5.35. The molecule has 1 aromatic carbocycles. The van der Waals surface area contributed by atoms with Crippen LogP contribution in [0, 0.1) is 0 Å². The van der Waals surface area contributed by atoms with E-state index in [2.05, 4.69) is 31.2 Å². The minimum absolute atomic E-state index is 0.229. The van der Waals surface area contributed by atoms with E-state index in [0.717, 1.165) is 13.0 Å². The first-order valence-corrected chi connectivity index (χ1v) is 6.00. The monoisotopic (exact) mass is 219 g/mol. The average molecular weight is 219 g/mol. The molecule has 1 unspecified atom stereocenters. The first-order chi connectivity index (χ1) is 7.66. The van der Waals surface area contributed by atoms with Crippen molar-refractivity contribution >= 4 is 0 Å². The van der Waals surface area contributed by atoms with Crippen molar-refractivity contribution < 1.29 is 4.74 Å². The Balaban J connectivity index is 2.16. The van der Waals surface area contributed by atoms with Crippen molar-refractivity contribution in [2.75, 3.05) is 13.7 Å². The van der Waals surface area contributed by atoms with E-state index >= 15 is 0 Å². The molecule has 1 aliphatic rings. The Morgan fingerprint density at radius 1 is 1.44 bits per heavy atom. The first-order valence-electron chi connectivity index (χ1n) is 6.00. The minimum Gasteiger partial charge on any atom is -0.384 e. The van der Waals surface area contributed by atoms with E-state index in [0.29, 0.717) is 5.41 Å². The fraction of sp³-hybridized carbons (Fsp3) is 0.571. The quantitative estimate of drug-likeness (QED) is 0.824. The van der Waals surface area contributed by atoms with Gasteiger partial charge in [-0.2, -0.15) is 0 Å². The summed E-state index contributed by atoms with van der Waals surface area (Å²) in [5.41, 5.74) is 8.91. The normalized spacial score (nSPS) is 19.4. The molecule has 0 bridgehead atoms. The second-order valence-electron chi connectivity index (χ2n) is 5.10. The third-order valence-electron chi connectivity index (χ3n) is 3.37. The molecule has 0 aliphatic heterocycles. The van der Waals surface area contributed by atoms with Gasteiger partial charge in [0.1, 0.15) is 0 Å². The molecule has 1 saturated carbocycles. The standard InChI is InChI=1S/C14H21NO/c1-11(15)8-12-4-3-5-13(9-12)14(6-7-14)10-16-2/h3-5,9,11H,6-8,10,15H2,1-2H3. The van der Waals surface area contributed by atoms with Gasteiger partial charge in [-0.15, -0.1) is 0 Å². The van der Waals surface area contributed by atoms with Crippen molar-refractivity contribution in [2.45, 2.75) is 37.6 Å². The molecule has 2 heteroatoms. The molecule has 0 amide bonds. The van der Waals surface area contributed by atoms with Crippen LogP contribution in [-0.4, -0.2) is 19.8 Å². The highest BCUT2D eigenvalue weighted by atomic mass is 16.5. The third kappa shape index (κ3) is 2.45. The Bertz CT molecular complexity index is 356. The Morgan fingerprint density at radius 3 is 2.75 bits per heavy atom. The minimum atomic E-state index is 0.229. The van der Waals surface area contributed by atoms with E-state index in [9.17, 15) is 0 Å². The van der Waals surface area contributed by atoms with Crippen LogP contribution in [0.2, 0.25) is 0 Å². The molecule has 1 aromatic rings. The molecule has 0 radical (unpaired) electrons. The molecule has 1 atom stereocenters. The molecule has 0 spiro atoms. The number of ether oxygens (including phenoxy) is 1. The predicted molar refractivity (Wildman–Crippen MR) is 66.6 cm³/mol. The van der Waals surface area contributed by atoms with Crippen LogP contribution in [0.4, 0.5) is 0 Å². The highest BCUT2D eigenvalue weighted by Gasteiger charge is 2.44. The molecule has 0 aromatic heterocycles. The third-order valence-corrected chi connectivity index (χ3v) is 3.37. The largest absolute Gasteiger partial charge is 0.384 e. The molecule has 16 heavy (non-hydrogen) atoms. The fourth-order valence-electron chi connectivity index (χ4n) is 2.34. The Labute approximate surface area is 97.8 Å². The van der Waals surface area contributed by atoms with Crippen LogP contribution >= 0.6 is 0 Å². The lowest BCUT2D eigenvalue weighted by molar-refractivity contribution is 0.171. The molecule has 2 N–H and O–H groups in total. The zero-order valence-corrected chi connectivity index (χ0v) is 10.2. The molecule has 2 rings (SSSR count). The summed E-state index contributed by atoms with van der Waals surface area (Å²) in [5, 5.41) is 0. The lowest BCUT2D eigenvalue weighted by Crippen LogP contribution is -2.19. The fourth-order valence-corrected chi connectivity index (χ4v) is 2.34. The lowest BCUT2D eigenvalue weighted by atomic mass is 9.94. The Morgan fingerprint density at radius 2 is 2.19 bits per heavy atom. The van der Waals surface area contributed by atoms with Gasteiger partial charge in [0.2, 0.25) is 0 Å². The smallest absolute Gasteiger partial charge is 0.0559 e. The SMILES string of the molecule is COCC1(c2cccc(CC(C)N)c2)CC1. The lowest BCUT2D eigenvalue weighted by Gasteiger charge is -2.16. The van der Waals surface area contributed by atoms with Crippen LogP contribution in [-0.2, 0) is 16.6 Å². The van der Waals surface area contributed by atoms with E-state index < -0.39 is 0 Å². The number of hydrogen-bond acceptors (Lipinski definition) is 2. The summed E-state index contributed by atoms with van der Waals surface area (Å²) in [6.45, 7) is 2.89. The zero-order chi connectivity index (χ0) is 11.6. The van der Waals surface area contributed by atoms with Crippen LogP contribution in [0.3, 0.4) is 0 Å². The summed E-state index contributed by atoms with van der Waals surface area (Å²) < 4.78 is 5.32. The van der Waals surface area contributed by atoms with Gasteiger partial charge in [-0.3, -0.25) is 0 Å². The van der Waals surface area contributed by atoms with Gasteiger partial charge in [-0.1, -0.05) is 24.3 Å². The van der Waals surface area contributed by atoms with E-state index in [4.69, 9.17) is 10.5 Å². The number of rotatable bonds is 5. The number of hydrogen-bond donors (Lipinski definition) is 1. The predicted octanol–water partition coefficient (Wildman–Crippen LogP) is 2.25. The maximum Gasteiger partial charge on any atom is 0.0559 e. The topological polar surface area (TPSA) is 35.2 Å². The zero-order valence-electron chi connectivity index (χ0n) is 10.2. The number of nitrogens with two attached hydrogens (primary N) is 1. The summed E-state index contributed by atoms with van der Waals surface area (Å²) in [6.07, 6.45) is 3.46. The van der Waals surface area contributed by atoms with Crippen molar-refractivity contribution in [3.05, 3.63) is 35.4 Å². The molecule has 0 saturated heterocycles. The maximum absolute atomic E-state index is 5.83. The van der Waals surface area contributed by atoms with Gasteiger partial charge in [0.25, 0.3) is 0 Å². The first kappa shape index (κ1) is 11.6. The molecule has 2 nitrogen and oxygen atoms in total. The summed E-state index contributed by atoms with van der Waals surface area (Å²) in [7, 11) is 1.78. The molecule has 88 valence electrons. The molecular formula is C14H21NO. The van der Waals surface area contributed by atoms with Crippen molar-refractivity contribution in [2.24, 2.45) is 5.73 Å². The van der Waals surface area contributed by atoms with Crippen LogP contribution in [0.1, 0.15) is 30.9 Å². The van der Waals surface area contributed by atoms with Crippen LogP contribution in [0.5, 0.6) is 0 Å². The Kier molecular flexibility index (Phi) is 3.31. The van der Waals surface area contributed by atoms with Gasteiger partial charge in [0.15, 0.2) is 0 Å². The van der Waals surface area contributed by atoms with Gasteiger partial charge >= 0.3 is 0 Å². The maximum atomic E-state index is 5.83. The number of methoxy groups -OCH3 is 1. The second kappa shape index (κ2) is 4.56. The van der Waals surface area contributed by atoms with Crippen molar-refractivity contribution in [1.29, 1.82) is 0 Å². The van der Waals surface area contributed by atoms with E-state index in [1.165, 1.54) is 24.0 Å². The Hall–Kier alpha value is -0.860. The van der Waals surface area contributed by atoms with Gasteiger partial charge < -0.3 is 10.5 Å². The van der Waals surface area contributed by atoms with Crippen molar-refractivity contribution in [3.63, 3.8) is 0 Å². The van der Waals surface area contributed by atoms with E-state index in [-0.39, 0.29) is 6.04 Å². The summed E-state index contributed by atoms with van der Waals surface area (Å²) in [6, 6.07) is 9.05. The summed E-state index contributed by atoms with van der Waals surface area (Å²) >= 11 is 0. The molecule has 0 heterocycles.